The van der Waals surface area contributed by atoms with Crippen LogP contribution in [0.25, 0.3) is 0 Å². The van der Waals surface area contributed by atoms with Gasteiger partial charge in [0.2, 0.25) is 0 Å². The van der Waals surface area contributed by atoms with Gasteiger partial charge in [-0.25, -0.2) is 4.79 Å². The minimum atomic E-state index is -0.388. The van der Waals surface area contributed by atoms with Crippen LogP contribution in [0.4, 0.5) is 10.5 Å². The molecule has 0 atom stereocenters. The molecule has 1 aromatic carbocycles. The minimum absolute atomic E-state index is 0.241. The molecule has 23 heavy (non-hydrogen) atoms. The maximum Gasteiger partial charge on any atom is 0.412 e. The molecule has 0 bridgehead atoms. The molecule has 1 amide bonds. The molecule has 1 aliphatic rings. The first kappa shape index (κ1) is 17.3. The molecule has 1 aromatic rings. The van der Waals surface area contributed by atoms with Gasteiger partial charge in [0.1, 0.15) is 5.75 Å². The van der Waals surface area contributed by atoms with Crippen LogP contribution in [0.15, 0.2) is 36.9 Å². The lowest BCUT2D eigenvalue weighted by molar-refractivity contribution is 0.192. The molecule has 0 heterocycles. The van der Waals surface area contributed by atoms with Crippen LogP contribution in [-0.2, 0) is 0 Å². The third kappa shape index (κ3) is 6.28. The van der Waals surface area contributed by atoms with Gasteiger partial charge in [0.15, 0.2) is 5.11 Å². The molecule has 1 fully saturated rings. The number of amides is 1. The third-order valence-corrected chi connectivity index (χ3v) is 3.90. The predicted octanol–water partition coefficient (Wildman–Crippen LogP) is 3.58. The van der Waals surface area contributed by atoms with Crippen molar-refractivity contribution in [3.8, 4) is 5.75 Å². The van der Waals surface area contributed by atoms with Crippen LogP contribution in [0, 0.1) is 0 Å². The lowest BCUT2D eigenvalue weighted by atomic mass is 9.96. The lowest BCUT2D eigenvalue weighted by Gasteiger charge is -2.22. The molecule has 0 aliphatic heterocycles. The first-order chi connectivity index (χ1) is 11.2. The molecule has 124 valence electrons. The van der Waals surface area contributed by atoms with Crippen molar-refractivity contribution in [1.82, 2.24) is 10.6 Å². The van der Waals surface area contributed by atoms with E-state index in [-0.39, 0.29) is 12.1 Å². The Hall–Kier alpha value is -2.08. The van der Waals surface area contributed by atoms with Crippen molar-refractivity contribution >= 4 is 29.1 Å². The Labute approximate surface area is 142 Å². The summed E-state index contributed by atoms with van der Waals surface area (Å²) in [4.78, 5) is 11.9. The molecular formula is C17H23N3O2S. The van der Waals surface area contributed by atoms with E-state index in [0.717, 1.165) is 18.5 Å². The molecule has 2 rings (SSSR count). The number of hydrogen-bond acceptors (Lipinski definition) is 3. The van der Waals surface area contributed by atoms with Crippen molar-refractivity contribution in [2.75, 3.05) is 11.9 Å². The Bertz CT molecular complexity index is 539. The van der Waals surface area contributed by atoms with Gasteiger partial charge in [0.05, 0.1) is 0 Å². The van der Waals surface area contributed by atoms with Crippen LogP contribution in [0.5, 0.6) is 5.75 Å². The summed E-state index contributed by atoms with van der Waals surface area (Å²) in [6.45, 7) is 4.22. The molecular weight excluding hydrogens is 310 g/mol. The molecule has 3 N–H and O–H groups in total. The summed E-state index contributed by atoms with van der Waals surface area (Å²) in [6.07, 6.45) is 7.01. The molecule has 0 saturated heterocycles. The van der Waals surface area contributed by atoms with Gasteiger partial charge < -0.3 is 20.7 Å². The number of hydrogen-bond donors (Lipinski definition) is 3. The highest BCUT2D eigenvalue weighted by Crippen LogP contribution is 2.19. The summed E-state index contributed by atoms with van der Waals surface area (Å²) in [6, 6.07) is 7.33. The summed E-state index contributed by atoms with van der Waals surface area (Å²) >= 11 is 5.13. The highest BCUT2D eigenvalue weighted by Gasteiger charge is 2.16. The fourth-order valence-electron chi connectivity index (χ4n) is 2.50. The summed E-state index contributed by atoms with van der Waals surface area (Å²) in [5, 5.41) is 9.46. The molecule has 6 heteroatoms. The van der Waals surface area contributed by atoms with E-state index >= 15 is 0 Å². The van der Waals surface area contributed by atoms with E-state index in [9.17, 15) is 4.79 Å². The Balaban J connectivity index is 1.78. The van der Waals surface area contributed by atoms with E-state index in [1.807, 2.05) is 12.1 Å². The van der Waals surface area contributed by atoms with Gasteiger partial charge in [-0.2, -0.15) is 0 Å². The van der Waals surface area contributed by atoms with Crippen LogP contribution in [0.1, 0.15) is 32.1 Å². The first-order valence-electron chi connectivity index (χ1n) is 7.91. The summed E-state index contributed by atoms with van der Waals surface area (Å²) < 4.78 is 5.30. The molecule has 0 radical (unpaired) electrons. The van der Waals surface area contributed by atoms with Crippen molar-refractivity contribution in [1.29, 1.82) is 0 Å². The number of benzene rings is 1. The average molecular weight is 333 g/mol. The number of thiocarbonyl (C=S) groups is 1. The third-order valence-electron chi connectivity index (χ3n) is 3.66. The van der Waals surface area contributed by atoms with Gasteiger partial charge in [-0.1, -0.05) is 25.3 Å². The monoisotopic (exact) mass is 333 g/mol. The normalized spacial score (nSPS) is 14.6. The second-order valence-corrected chi connectivity index (χ2v) is 5.93. The summed E-state index contributed by atoms with van der Waals surface area (Å²) in [5.41, 5.74) is 0.826. The van der Waals surface area contributed by atoms with Crippen LogP contribution in [0.2, 0.25) is 0 Å². The standard InChI is InChI=1S/C17H23N3O2S/c1-2-12-18-16(23)19-14-8-10-15(11-9-14)22-17(21)20-13-6-4-3-5-7-13/h2,8-11,13H,1,3-7,12H2,(H,20,21)(H2,18,19,23). The Morgan fingerprint density at radius 1 is 1.26 bits per heavy atom. The fraction of sp³-hybridized carbons (Fsp3) is 0.412. The smallest absolute Gasteiger partial charge is 0.410 e. The summed E-state index contributed by atoms with van der Waals surface area (Å²) in [5.74, 6) is 0.508. The van der Waals surface area contributed by atoms with Gasteiger partial charge in [0.25, 0.3) is 0 Å². The van der Waals surface area contributed by atoms with Crippen molar-refractivity contribution in [2.45, 2.75) is 38.1 Å². The zero-order valence-electron chi connectivity index (χ0n) is 13.1. The van der Waals surface area contributed by atoms with Gasteiger partial charge in [0, 0.05) is 18.3 Å². The van der Waals surface area contributed by atoms with Crippen molar-refractivity contribution in [3.05, 3.63) is 36.9 Å². The van der Waals surface area contributed by atoms with E-state index in [4.69, 9.17) is 17.0 Å². The number of anilines is 1. The van der Waals surface area contributed by atoms with Gasteiger partial charge in [-0.15, -0.1) is 6.58 Å². The predicted molar refractivity (Wildman–Crippen MR) is 96.9 cm³/mol. The quantitative estimate of drug-likeness (QED) is 0.568. The molecule has 1 aliphatic carbocycles. The average Bonchev–Trinajstić information content (AvgIpc) is 2.55. The van der Waals surface area contributed by atoms with Crippen LogP contribution >= 0.6 is 12.2 Å². The van der Waals surface area contributed by atoms with E-state index in [1.54, 1.807) is 18.2 Å². The second-order valence-electron chi connectivity index (χ2n) is 5.52. The molecule has 1 saturated carbocycles. The first-order valence-corrected chi connectivity index (χ1v) is 8.32. The molecule has 0 aromatic heterocycles. The maximum atomic E-state index is 11.9. The van der Waals surface area contributed by atoms with E-state index in [1.165, 1.54) is 19.3 Å². The van der Waals surface area contributed by atoms with Gasteiger partial charge in [-0.05, 0) is 49.3 Å². The van der Waals surface area contributed by atoms with Crippen LogP contribution in [0.3, 0.4) is 0 Å². The molecule has 0 spiro atoms. The van der Waals surface area contributed by atoms with Crippen LogP contribution < -0.4 is 20.7 Å². The Morgan fingerprint density at radius 2 is 1.96 bits per heavy atom. The number of nitrogens with one attached hydrogen (secondary N) is 3. The highest BCUT2D eigenvalue weighted by atomic mass is 32.1. The van der Waals surface area contributed by atoms with E-state index in [0.29, 0.717) is 17.4 Å². The number of carbonyl (C=O) groups excluding carboxylic acids is 1. The van der Waals surface area contributed by atoms with Gasteiger partial charge in [-0.3, -0.25) is 0 Å². The van der Waals surface area contributed by atoms with Gasteiger partial charge >= 0.3 is 6.09 Å². The number of ether oxygens (including phenoxy) is 1. The lowest BCUT2D eigenvalue weighted by Crippen LogP contribution is -2.37. The van der Waals surface area contributed by atoms with Crippen molar-refractivity contribution in [3.63, 3.8) is 0 Å². The fourth-order valence-corrected chi connectivity index (χ4v) is 2.70. The number of carbonyl (C=O) groups is 1. The molecule has 5 nitrogen and oxygen atoms in total. The SMILES string of the molecule is C=CCNC(=S)Nc1ccc(OC(=O)NC2CCCCC2)cc1. The number of rotatable bonds is 5. The second kappa shape index (κ2) is 9.15. The summed E-state index contributed by atoms with van der Waals surface area (Å²) in [7, 11) is 0. The highest BCUT2D eigenvalue weighted by molar-refractivity contribution is 7.80. The zero-order valence-corrected chi connectivity index (χ0v) is 14.0. The van der Waals surface area contributed by atoms with Crippen molar-refractivity contribution in [2.24, 2.45) is 0 Å². The maximum absolute atomic E-state index is 11.9. The largest absolute Gasteiger partial charge is 0.412 e. The topological polar surface area (TPSA) is 62.4 Å². The van der Waals surface area contributed by atoms with Crippen molar-refractivity contribution < 1.29 is 9.53 Å². The zero-order chi connectivity index (χ0) is 16.5. The van der Waals surface area contributed by atoms with E-state index < -0.39 is 0 Å². The Morgan fingerprint density at radius 3 is 2.61 bits per heavy atom. The van der Waals surface area contributed by atoms with Crippen LogP contribution in [-0.4, -0.2) is 23.8 Å². The van der Waals surface area contributed by atoms with E-state index in [2.05, 4.69) is 22.5 Å². The molecule has 0 unspecified atom stereocenters. The Kier molecular flexibility index (Phi) is 6.87. The minimum Gasteiger partial charge on any atom is -0.410 e.